The summed E-state index contributed by atoms with van der Waals surface area (Å²) < 4.78 is 5.33. The van der Waals surface area contributed by atoms with Gasteiger partial charge >= 0.3 is 5.97 Å². The molecule has 0 radical (unpaired) electrons. The Morgan fingerprint density at radius 2 is 1.54 bits per heavy atom. The van der Waals surface area contributed by atoms with Crippen molar-refractivity contribution >= 4 is 11.9 Å². The average molecular weight is 326 g/mol. The molecule has 126 valence electrons. The van der Waals surface area contributed by atoms with Crippen molar-refractivity contribution in [3.63, 3.8) is 0 Å². The van der Waals surface area contributed by atoms with Gasteiger partial charge in [0.1, 0.15) is 11.6 Å². The predicted molar refractivity (Wildman–Crippen MR) is 89.0 cm³/mol. The lowest BCUT2D eigenvalue weighted by Crippen LogP contribution is -2.32. The fourth-order valence-electron chi connectivity index (χ4n) is 2.40. The number of hydrogen-bond donors (Lipinski definition) is 1. The third-order valence-electron chi connectivity index (χ3n) is 3.39. The monoisotopic (exact) mass is 326 g/mol. The summed E-state index contributed by atoms with van der Waals surface area (Å²) in [7, 11) is 0. The van der Waals surface area contributed by atoms with E-state index < -0.39 is 23.6 Å². The second-order valence-corrected chi connectivity index (χ2v) is 6.43. The van der Waals surface area contributed by atoms with Gasteiger partial charge in [0.25, 0.3) is 0 Å². The largest absolute Gasteiger partial charge is 0.545 e. The summed E-state index contributed by atoms with van der Waals surface area (Å²) in [4.78, 5) is 23.6. The van der Waals surface area contributed by atoms with Gasteiger partial charge in [0.05, 0.1) is 5.97 Å². The third kappa shape index (κ3) is 4.00. The summed E-state index contributed by atoms with van der Waals surface area (Å²) in [5.41, 5.74) is 6.97. The van der Waals surface area contributed by atoms with E-state index in [0.29, 0.717) is 16.7 Å². The Labute approximate surface area is 141 Å². The van der Waals surface area contributed by atoms with Crippen LogP contribution in [0.4, 0.5) is 0 Å². The summed E-state index contributed by atoms with van der Waals surface area (Å²) in [6, 6.07) is 12.3. The molecule has 5 heteroatoms. The summed E-state index contributed by atoms with van der Waals surface area (Å²) in [6.07, 6.45) is 0. The van der Waals surface area contributed by atoms with Crippen LogP contribution in [0, 0.1) is 0 Å². The molecule has 0 spiro atoms. The summed E-state index contributed by atoms with van der Waals surface area (Å²) in [5.74, 6) is -1.85. The first-order chi connectivity index (χ1) is 11.2. The van der Waals surface area contributed by atoms with Crippen LogP contribution >= 0.6 is 0 Å². The second kappa shape index (κ2) is 6.84. The van der Waals surface area contributed by atoms with Gasteiger partial charge in [-0.05, 0) is 37.5 Å². The first-order valence-corrected chi connectivity index (χ1v) is 7.59. The van der Waals surface area contributed by atoms with Crippen LogP contribution in [0.1, 0.15) is 42.7 Å². The highest BCUT2D eigenvalue weighted by atomic mass is 16.6. The smallest absolute Gasteiger partial charge is 0.328 e. The van der Waals surface area contributed by atoms with Crippen LogP contribution in [0.3, 0.4) is 0 Å². The van der Waals surface area contributed by atoms with E-state index in [1.54, 1.807) is 63.2 Å². The molecular weight excluding hydrogens is 306 g/mol. The van der Waals surface area contributed by atoms with Gasteiger partial charge in [-0.2, -0.15) is 0 Å². The number of carbonyl (C=O) groups is 2. The van der Waals surface area contributed by atoms with Gasteiger partial charge in [-0.3, -0.25) is 0 Å². The van der Waals surface area contributed by atoms with Crippen LogP contribution in [0.2, 0.25) is 0 Å². The third-order valence-corrected chi connectivity index (χ3v) is 3.39. The lowest BCUT2D eigenvalue weighted by atomic mass is 9.92. The molecule has 1 atom stereocenters. The first kappa shape index (κ1) is 17.7. The van der Waals surface area contributed by atoms with Crippen molar-refractivity contribution in [1.82, 2.24) is 0 Å². The summed E-state index contributed by atoms with van der Waals surface area (Å²) in [5, 5.41) is 11.4. The first-order valence-electron chi connectivity index (χ1n) is 7.59. The number of carboxylic acids is 1. The van der Waals surface area contributed by atoms with E-state index in [4.69, 9.17) is 10.5 Å². The normalized spacial score (nSPS) is 12.5. The fourth-order valence-corrected chi connectivity index (χ4v) is 2.40. The van der Waals surface area contributed by atoms with Gasteiger partial charge in [-0.1, -0.05) is 48.5 Å². The number of carboxylic acid groups (broad SMARTS) is 1. The molecule has 0 unspecified atom stereocenters. The minimum Gasteiger partial charge on any atom is -0.545 e. The molecule has 0 heterocycles. The lowest BCUT2D eigenvalue weighted by Gasteiger charge is -2.23. The van der Waals surface area contributed by atoms with Gasteiger partial charge in [-0.25, -0.2) is 4.79 Å². The molecule has 0 amide bonds. The second-order valence-electron chi connectivity index (χ2n) is 6.43. The van der Waals surface area contributed by atoms with Gasteiger partial charge < -0.3 is 20.4 Å². The van der Waals surface area contributed by atoms with Crippen LogP contribution in [0.25, 0.3) is 11.1 Å². The quantitative estimate of drug-likeness (QED) is 0.868. The molecule has 2 rings (SSSR count). The fraction of sp³-hybridized carbons (Fsp3) is 0.263. The standard InChI is InChI=1S/C19H21NO4/c1-19(2,3)24-18(23)16(20)14-10-6-4-8-12(14)13-9-5-7-11-15(13)17(21)22/h4-11,16H,20H2,1-3H3,(H,21,22)/p-1/t16-/m1/s1. The van der Waals surface area contributed by atoms with Gasteiger partial charge in [0, 0.05) is 5.56 Å². The van der Waals surface area contributed by atoms with Gasteiger partial charge in [0.2, 0.25) is 0 Å². The Bertz CT molecular complexity index is 762. The van der Waals surface area contributed by atoms with Crippen molar-refractivity contribution in [2.75, 3.05) is 0 Å². The van der Waals surface area contributed by atoms with Crippen molar-refractivity contribution in [2.45, 2.75) is 32.4 Å². The number of ether oxygens (including phenoxy) is 1. The zero-order chi connectivity index (χ0) is 17.9. The van der Waals surface area contributed by atoms with Crippen molar-refractivity contribution in [1.29, 1.82) is 0 Å². The van der Waals surface area contributed by atoms with E-state index in [-0.39, 0.29) is 5.56 Å². The van der Waals surface area contributed by atoms with Crippen molar-refractivity contribution in [3.8, 4) is 11.1 Å². The molecule has 0 aromatic heterocycles. The summed E-state index contributed by atoms with van der Waals surface area (Å²) in [6.45, 7) is 5.28. The van der Waals surface area contributed by atoms with E-state index >= 15 is 0 Å². The highest BCUT2D eigenvalue weighted by Gasteiger charge is 2.25. The van der Waals surface area contributed by atoms with Gasteiger partial charge in [0.15, 0.2) is 0 Å². The summed E-state index contributed by atoms with van der Waals surface area (Å²) >= 11 is 0. The molecule has 0 aliphatic heterocycles. The van der Waals surface area contributed by atoms with E-state index in [9.17, 15) is 14.7 Å². The molecule has 0 aliphatic rings. The maximum absolute atomic E-state index is 12.3. The SMILES string of the molecule is CC(C)(C)OC(=O)[C@H](N)c1ccccc1-c1ccccc1C(=O)[O-]. The maximum Gasteiger partial charge on any atom is 0.328 e. The van der Waals surface area contributed by atoms with Gasteiger partial charge in [-0.15, -0.1) is 0 Å². The minimum absolute atomic E-state index is 0.0429. The van der Waals surface area contributed by atoms with Crippen LogP contribution in [-0.2, 0) is 9.53 Å². The van der Waals surface area contributed by atoms with Crippen molar-refractivity contribution in [3.05, 3.63) is 59.7 Å². The zero-order valence-electron chi connectivity index (χ0n) is 13.9. The van der Waals surface area contributed by atoms with Crippen LogP contribution in [-0.4, -0.2) is 17.5 Å². The molecule has 0 fully saturated rings. The number of hydrogen-bond acceptors (Lipinski definition) is 5. The topological polar surface area (TPSA) is 92.5 Å². The Morgan fingerprint density at radius 3 is 2.12 bits per heavy atom. The van der Waals surface area contributed by atoms with Crippen LogP contribution < -0.4 is 10.8 Å². The molecule has 5 nitrogen and oxygen atoms in total. The number of benzene rings is 2. The number of rotatable bonds is 4. The van der Waals surface area contributed by atoms with E-state index in [2.05, 4.69) is 0 Å². The van der Waals surface area contributed by atoms with E-state index in [1.807, 2.05) is 0 Å². The van der Waals surface area contributed by atoms with Crippen molar-refractivity contribution in [2.24, 2.45) is 5.73 Å². The molecule has 2 aromatic rings. The lowest BCUT2D eigenvalue weighted by molar-refractivity contribution is -0.254. The molecule has 24 heavy (non-hydrogen) atoms. The van der Waals surface area contributed by atoms with Crippen LogP contribution in [0.15, 0.2) is 48.5 Å². The Hall–Kier alpha value is -2.66. The van der Waals surface area contributed by atoms with Crippen molar-refractivity contribution < 1.29 is 19.4 Å². The zero-order valence-corrected chi connectivity index (χ0v) is 13.9. The number of carbonyl (C=O) groups excluding carboxylic acids is 2. The molecule has 0 saturated heterocycles. The average Bonchev–Trinajstić information content (AvgIpc) is 2.52. The molecule has 0 saturated carbocycles. The number of aromatic carboxylic acids is 1. The highest BCUT2D eigenvalue weighted by Crippen LogP contribution is 2.31. The molecule has 0 aliphatic carbocycles. The molecule has 2 aromatic carbocycles. The Balaban J connectivity index is 2.49. The minimum atomic E-state index is -1.29. The highest BCUT2D eigenvalue weighted by molar-refractivity contribution is 5.96. The molecule has 2 N–H and O–H groups in total. The number of esters is 1. The van der Waals surface area contributed by atoms with E-state index in [1.165, 1.54) is 6.07 Å². The Morgan fingerprint density at radius 1 is 1.00 bits per heavy atom. The number of nitrogens with two attached hydrogens (primary N) is 1. The molecule has 0 bridgehead atoms. The predicted octanol–water partition coefficient (Wildman–Crippen LogP) is 2.06. The Kier molecular flexibility index (Phi) is 5.04. The maximum atomic E-state index is 12.3. The molecular formula is C19H20NO4-. The van der Waals surface area contributed by atoms with Crippen LogP contribution in [0.5, 0.6) is 0 Å². The van der Waals surface area contributed by atoms with E-state index in [0.717, 1.165) is 0 Å².